The minimum Gasteiger partial charge on any atom is -0.444 e. The van der Waals surface area contributed by atoms with Crippen molar-refractivity contribution >= 4 is 51.0 Å². The Morgan fingerprint density at radius 1 is 1.22 bits per heavy atom. The summed E-state index contributed by atoms with van der Waals surface area (Å²) < 4.78 is 53.4. The van der Waals surface area contributed by atoms with Crippen molar-refractivity contribution in [2.45, 2.75) is 64.1 Å². The van der Waals surface area contributed by atoms with E-state index in [9.17, 15) is 27.6 Å². The molecule has 0 bridgehead atoms. The topological polar surface area (TPSA) is 120 Å². The Morgan fingerprint density at radius 2 is 1.90 bits per heavy atom. The number of likely N-dealkylation sites (tertiary alicyclic amines) is 1. The molecule has 2 amide bonds. The van der Waals surface area contributed by atoms with Crippen LogP contribution in [0.25, 0.3) is 5.78 Å². The molecule has 1 saturated heterocycles. The average Bonchev–Trinajstić information content (AvgIpc) is 3.43. The van der Waals surface area contributed by atoms with Gasteiger partial charge in [0.2, 0.25) is 16.4 Å². The number of rotatable bonds is 3. The van der Waals surface area contributed by atoms with Gasteiger partial charge in [0.15, 0.2) is 0 Å². The SMILES string of the molecule is CC(C)(C)OC(=O)N1CCC2(CC1)OCc1c2c(=O)n2nc(Br)nc2n1CC(=O)Nc1ccc(C(F)(F)F)cc1Cl. The number of piperidine rings is 1. The van der Waals surface area contributed by atoms with Crippen LogP contribution in [0.5, 0.6) is 0 Å². The average molecular weight is 662 g/mol. The second-order valence-electron chi connectivity index (χ2n) is 10.8. The highest BCUT2D eigenvalue weighted by atomic mass is 79.9. The van der Waals surface area contributed by atoms with E-state index >= 15 is 0 Å². The maximum Gasteiger partial charge on any atom is 0.416 e. The zero-order valence-corrected chi connectivity index (χ0v) is 24.5. The van der Waals surface area contributed by atoms with Gasteiger partial charge >= 0.3 is 12.3 Å². The Kier molecular flexibility index (Phi) is 7.35. The van der Waals surface area contributed by atoms with Gasteiger partial charge in [0, 0.05) is 13.1 Å². The molecule has 1 N–H and O–H groups in total. The van der Waals surface area contributed by atoms with Crippen molar-refractivity contribution in [3.8, 4) is 0 Å². The summed E-state index contributed by atoms with van der Waals surface area (Å²) in [7, 11) is 0. The molecule has 1 aromatic carbocycles. The van der Waals surface area contributed by atoms with E-state index in [1.807, 2.05) is 0 Å². The molecule has 0 aliphatic carbocycles. The third-order valence-electron chi connectivity index (χ3n) is 6.86. The standard InChI is InChI=1S/C25H25BrClF3N6O5/c1-23(2,3)41-22(39)34-8-6-24(7-9-34)18-16(12-40-24)35(21-32-20(26)33-36(21)19(18)38)11-17(37)31-15-5-4-13(10-14(15)27)25(28,29)30/h4-5,10H,6-9,11-12H2,1-3H3,(H,31,37). The molecule has 0 radical (unpaired) electrons. The van der Waals surface area contributed by atoms with E-state index in [4.69, 9.17) is 21.1 Å². The fourth-order valence-electron chi connectivity index (χ4n) is 5.03. The first-order chi connectivity index (χ1) is 19.1. The molecule has 0 saturated carbocycles. The van der Waals surface area contributed by atoms with Crippen molar-refractivity contribution in [3.63, 3.8) is 0 Å². The fraction of sp³-hybridized carbons (Fsp3) is 0.480. The minimum absolute atomic E-state index is 0.00763. The third-order valence-corrected chi connectivity index (χ3v) is 7.51. The molecule has 0 atom stereocenters. The van der Waals surface area contributed by atoms with Gasteiger partial charge in [-0.3, -0.25) is 9.59 Å². The zero-order chi connectivity index (χ0) is 29.9. The van der Waals surface area contributed by atoms with Gasteiger partial charge in [0.1, 0.15) is 17.7 Å². The molecule has 1 fully saturated rings. The second-order valence-corrected chi connectivity index (χ2v) is 11.9. The van der Waals surface area contributed by atoms with Gasteiger partial charge in [0.25, 0.3) is 5.56 Å². The van der Waals surface area contributed by atoms with Crippen LogP contribution in [0.1, 0.15) is 50.4 Å². The van der Waals surface area contributed by atoms with Crippen molar-refractivity contribution < 1.29 is 32.2 Å². The Bertz CT molecular complexity index is 1610. The van der Waals surface area contributed by atoms with Gasteiger partial charge in [-0.15, -0.1) is 5.10 Å². The Hall–Kier alpha value is -3.17. The van der Waals surface area contributed by atoms with Gasteiger partial charge in [0.05, 0.1) is 34.1 Å². The lowest BCUT2D eigenvalue weighted by Crippen LogP contribution is -2.48. The number of halogens is 5. The van der Waals surface area contributed by atoms with Crippen molar-refractivity contribution in [1.29, 1.82) is 0 Å². The molecule has 2 aliphatic rings. The van der Waals surface area contributed by atoms with E-state index in [1.165, 1.54) is 4.57 Å². The lowest BCUT2D eigenvalue weighted by atomic mass is 9.85. The van der Waals surface area contributed by atoms with Crippen LogP contribution < -0.4 is 10.9 Å². The largest absolute Gasteiger partial charge is 0.444 e. The number of nitrogens with one attached hydrogen (secondary N) is 1. The highest BCUT2D eigenvalue weighted by Crippen LogP contribution is 2.43. The summed E-state index contributed by atoms with van der Waals surface area (Å²) in [6.45, 7) is 5.51. The first-order valence-corrected chi connectivity index (χ1v) is 13.7. The Morgan fingerprint density at radius 3 is 2.51 bits per heavy atom. The van der Waals surface area contributed by atoms with Crippen LogP contribution in [-0.4, -0.2) is 54.8 Å². The Balaban J connectivity index is 1.44. The highest BCUT2D eigenvalue weighted by molar-refractivity contribution is 9.10. The van der Waals surface area contributed by atoms with Crippen LogP contribution in [0, 0.1) is 0 Å². The smallest absolute Gasteiger partial charge is 0.416 e. The molecule has 11 nitrogen and oxygen atoms in total. The summed E-state index contributed by atoms with van der Waals surface area (Å²) >= 11 is 9.18. The molecule has 1 spiro atoms. The molecule has 5 rings (SSSR count). The molecule has 0 unspecified atom stereocenters. The summed E-state index contributed by atoms with van der Waals surface area (Å²) in [6.07, 6.45) is -4.43. The van der Waals surface area contributed by atoms with Gasteiger partial charge in [-0.05, 0) is 67.7 Å². The summed E-state index contributed by atoms with van der Waals surface area (Å²) in [6, 6.07) is 2.61. The number of aromatic nitrogens is 4. The molecule has 16 heteroatoms. The number of nitrogens with zero attached hydrogens (tertiary/aromatic N) is 5. The maximum absolute atomic E-state index is 13.6. The normalized spacial score (nSPS) is 16.7. The van der Waals surface area contributed by atoms with Crippen LogP contribution in [0.3, 0.4) is 0 Å². The van der Waals surface area contributed by atoms with E-state index < -0.39 is 40.5 Å². The summed E-state index contributed by atoms with van der Waals surface area (Å²) in [4.78, 5) is 45.1. The predicted octanol–water partition coefficient (Wildman–Crippen LogP) is 4.72. The van der Waals surface area contributed by atoms with Crippen molar-refractivity contribution in [3.05, 3.63) is 55.1 Å². The molecule has 41 heavy (non-hydrogen) atoms. The highest BCUT2D eigenvalue weighted by Gasteiger charge is 2.48. The van der Waals surface area contributed by atoms with Gasteiger partial charge in [-0.25, -0.2) is 4.79 Å². The first kappa shape index (κ1) is 29.3. The zero-order valence-electron chi connectivity index (χ0n) is 22.1. The van der Waals surface area contributed by atoms with Crippen molar-refractivity contribution in [2.24, 2.45) is 0 Å². The fourth-order valence-corrected chi connectivity index (χ4v) is 5.57. The third kappa shape index (κ3) is 5.66. The maximum atomic E-state index is 13.6. The van der Waals surface area contributed by atoms with Crippen LogP contribution >= 0.6 is 27.5 Å². The number of carbonyl (C=O) groups excluding carboxylic acids is 2. The summed E-state index contributed by atoms with van der Waals surface area (Å²) in [5.74, 6) is -0.555. The van der Waals surface area contributed by atoms with E-state index in [-0.39, 0.29) is 47.5 Å². The van der Waals surface area contributed by atoms with Crippen LogP contribution in [0.2, 0.25) is 5.02 Å². The molecule has 4 heterocycles. The van der Waals surface area contributed by atoms with Crippen LogP contribution in [0.4, 0.5) is 23.7 Å². The van der Waals surface area contributed by atoms with E-state index in [0.717, 1.165) is 22.7 Å². The van der Waals surface area contributed by atoms with Crippen LogP contribution in [0.15, 0.2) is 27.7 Å². The number of hydrogen-bond donors (Lipinski definition) is 1. The number of alkyl halides is 3. The summed E-state index contributed by atoms with van der Waals surface area (Å²) in [5, 5.41) is 6.37. The van der Waals surface area contributed by atoms with E-state index in [0.29, 0.717) is 24.1 Å². The summed E-state index contributed by atoms with van der Waals surface area (Å²) in [5.41, 5.74) is -2.37. The lowest BCUT2D eigenvalue weighted by Gasteiger charge is -2.39. The predicted molar refractivity (Wildman–Crippen MR) is 144 cm³/mol. The van der Waals surface area contributed by atoms with Gasteiger partial charge in [-0.1, -0.05) is 11.6 Å². The number of hydrogen-bond acceptors (Lipinski definition) is 7. The molecular formula is C25H25BrClF3N6O5. The molecule has 3 aromatic rings. The van der Waals surface area contributed by atoms with Crippen molar-refractivity contribution in [2.75, 3.05) is 18.4 Å². The van der Waals surface area contributed by atoms with Gasteiger partial charge < -0.3 is 24.3 Å². The molecule has 220 valence electrons. The second kappa shape index (κ2) is 10.3. The number of amides is 2. The first-order valence-electron chi connectivity index (χ1n) is 12.5. The van der Waals surface area contributed by atoms with E-state index in [2.05, 4.69) is 31.3 Å². The number of fused-ring (bicyclic) bond motifs is 3. The van der Waals surface area contributed by atoms with Crippen molar-refractivity contribution in [1.82, 2.24) is 24.1 Å². The number of anilines is 1. The minimum atomic E-state index is -4.59. The van der Waals surface area contributed by atoms with E-state index in [1.54, 1.807) is 25.7 Å². The van der Waals surface area contributed by atoms with Gasteiger partial charge in [-0.2, -0.15) is 22.7 Å². The van der Waals surface area contributed by atoms with Crippen LogP contribution in [-0.2, 0) is 39.2 Å². The number of benzene rings is 1. The quantitative estimate of drug-likeness (QED) is 0.432. The molecule has 2 aromatic heterocycles. The molecular weight excluding hydrogens is 637 g/mol. The lowest BCUT2D eigenvalue weighted by molar-refractivity contribution is -0.137. The Labute approximate surface area is 244 Å². The number of ether oxygens (including phenoxy) is 2. The monoisotopic (exact) mass is 660 g/mol. The number of carbonyl (C=O) groups is 2. The molecule has 2 aliphatic heterocycles.